The Morgan fingerprint density at radius 2 is 1.82 bits per heavy atom. The lowest BCUT2D eigenvalue weighted by molar-refractivity contribution is -0.148. The van der Waals surface area contributed by atoms with Crippen molar-refractivity contribution in [2.75, 3.05) is 0 Å². The van der Waals surface area contributed by atoms with Gasteiger partial charge in [-0.25, -0.2) is 14.9 Å². The zero-order valence-corrected chi connectivity index (χ0v) is 4.94. The molecule has 5 nitrogen and oxygen atoms in total. The van der Waals surface area contributed by atoms with Crippen molar-refractivity contribution in [3.63, 3.8) is 0 Å². The van der Waals surface area contributed by atoms with Crippen molar-refractivity contribution >= 4 is 12.2 Å². The molecule has 0 heterocycles. The average Bonchev–Trinajstić information content (AvgIpc) is 1.53. The summed E-state index contributed by atoms with van der Waals surface area (Å²) in [7, 11) is 0. The van der Waals surface area contributed by atoms with Gasteiger partial charge in [-0.15, -0.1) is 0 Å². The van der Waals surface area contributed by atoms with Crippen LogP contribution in [0.1, 0.15) is 0 Å². The number of nitrogens with one attached hydrogen (secondary N) is 1. The van der Waals surface area contributed by atoms with Crippen LogP contribution in [0.5, 0.6) is 0 Å². The number of ether oxygens (including phenoxy) is 1. The molecule has 0 bridgehead atoms. The van der Waals surface area contributed by atoms with Crippen molar-refractivity contribution in [3.8, 4) is 0 Å². The zero-order chi connectivity index (χ0) is 9.07. The van der Waals surface area contributed by atoms with E-state index in [1.54, 1.807) is 0 Å². The van der Waals surface area contributed by atoms with Gasteiger partial charge in [0.1, 0.15) is 0 Å². The summed E-state index contributed by atoms with van der Waals surface area (Å²) in [5, 5.41) is 0.388. The van der Waals surface area contributed by atoms with Crippen LogP contribution in [-0.2, 0) is 4.74 Å². The predicted molar refractivity (Wildman–Crippen MR) is 25.3 cm³/mol. The van der Waals surface area contributed by atoms with E-state index in [0.717, 1.165) is 0 Å². The molecule has 0 spiro atoms. The van der Waals surface area contributed by atoms with Gasteiger partial charge in [-0.1, -0.05) is 0 Å². The van der Waals surface area contributed by atoms with E-state index in [4.69, 9.17) is 0 Å². The van der Waals surface area contributed by atoms with Gasteiger partial charge in [0.15, 0.2) is 0 Å². The summed E-state index contributed by atoms with van der Waals surface area (Å²) in [5.41, 5.74) is 4.22. The fourth-order valence-electron chi connectivity index (χ4n) is 0.233. The minimum atomic E-state index is -4.92. The normalized spacial score (nSPS) is 10.5. The van der Waals surface area contributed by atoms with E-state index in [1.165, 1.54) is 0 Å². The topological polar surface area (TPSA) is 81.4 Å². The Kier molecular flexibility index (Phi) is 2.67. The summed E-state index contributed by atoms with van der Waals surface area (Å²) in [6.07, 6.45) is -8.48. The number of carbonyl (C=O) groups excluding carboxylic acids is 2. The zero-order valence-electron chi connectivity index (χ0n) is 4.94. The van der Waals surface area contributed by atoms with Crippen molar-refractivity contribution in [2.45, 2.75) is 6.30 Å². The first-order valence-electron chi connectivity index (χ1n) is 2.17. The molecule has 0 saturated carbocycles. The Morgan fingerprint density at radius 1 is 1.36 bits per heavy atom. The first-order valence-corrected chi connectivity index (χ1v) is 2.17. The van der Waals surface area contributed by atoms with E-state index >= 15 is 0 Å². The molecular weight excluding hydrogens is 169 g/mol. The van der Waals surface area contributed by atoms with Gasteiger partial charge in [-0.2, -0.15) is 13.2 Å². The van der Waals surface area contributed by atoms with Crippen molar-refractivity contribution in [1.82, 2.24) is 5.32 Å². The van der Waals surface area contributed by atoms with E-state index in [-0.39, 0.29) is 0 Å². The van der Waals surface area contributed by atoms with Crippen LogP contribution in [0.15, 0.2) is 0 Å². The lowest BCUT2D eigenvalue weighted by Gasteiger charge is -2.05. The highest BCUT2D eigenvalue weighted by molar-refractivity contribution is 5.82. The molecule has 8 heteroatoms. The molecule has 0 aromatic rings. The maximum atomic E-state index is 11.2. The molecular formula is C3H3F3N2O3. The third-order valence-corrected chi connectivity index (χ3v) is 0.437. The Bertz CT molecular complexity index is 177. The molecule has 64 valence electrons. The quantitative estimate of drug-likeness (QED) is 0.407. The molecule has 0 atom stereocenters. The van der Waals surface area contributed by atoms with E-state index in [9.17, 15) is 22.8 Å². The number of halogens is 3. The lowest BCUT2D eigenvalue weighted by Crippen LogP contribution is -2.39. The molecule has 0 rings (SSSR count). The molecule has 0 fully saturated rings. The average molecular weight is 172 g/mol. The van der Waals surface area contributed by atoms with Crippen molar-refractivity contribution in [2.24, 2.45) is 5.73 Å². The molecule has 0 radical (unpaired) electrons. The number of alkyl halides is 3. The maximum absolute atomic E-state index is 11.2. The number of nitrogens with two attached hydrogens (primary N) is 1. The van der Waals surface area contributed by atoms with Gasteiger partial charge >= 0.3 is 18.5 Å². The van der Waals surface area contributed by atoms with Gasteiger partial charge in [-0.3, -0.25) is 0 Å². The highest BCUT2D eigenvalue weighted by Crippen LogP contribution is 2.09. The van der Waals surface area contributed by atoms with Gasteiger partial charge in [-0.05, 0) is 0 Å². The SMILES string of the molecule is NC(=O)OC(=O)NC(F)(F)F. The largest absolute Gasteiger partial charge is 0.487 e. The van der Waals surface area contributed by atoms with Gasteiger partial charge in [0, 0.05) is 0 Å². The van der Waals surface area contributed by atoms with E-state index in [2.05, 4.69) is 10.5 Å². The summed E-state index contributed by atoms with van der Waals surface area (Å²) < 4.78 is 36.9. The fraction of sp³-hybridized carbons (Fsp3) is 0.333. The van der Waals surface area contributed by atoms with Crippen LogP contribution in [0.2, 0.25) is 0 Å². The number of hydrogen-bond donors (Lipinski definition) is 2. The van der Waals surface area contributed by atoms with Gasteiger partial charge < -0.3 is 10.5 Å². The van der Waals surface area contributed by atoms with E-state index < -0.39 is 18.5 Å². The third-order valence-electron chi connectivity index (χ3n) is 0.437. The van der Waals surface area contributed by atoms with Crippen molar-refractivity contribution in [3.05, 3.63) is 0 Å². The summed E-state index contributed by atoms with van der Waals surface area (Å²) in [6.45, 7) is 0. The molecule has 0 aromatic heterocycles. The first kappa shape index (κ1) is 9.53. The second-order valence-corrected chi connectivity index (χ2v) is 1.33. The van der Waals surface area contributed by atoms with Crippen LogP contribution in [0, 0.1) is 0 Å². The van der Waals surface area contributed by atoms with Gasteiger partial charge in [0.05, 0.1) is 0 Å². The van der Waals surface area contributed by atoms with Crippen LogP contribution in [-0.4, -0.2) is 18.5 Å². The number of hydrogen-bond acceptors (Lipinski definition) is 3. The Balaban J connectivity index is 3.80. The fourth-order valence-corrected chi connectivity index (χ4v) is 0.233. The minimum absolute atomic E-state index is 0.388. The number of carbonyl (C=O) groups is 2. The molecule has 0 aliphatic carbocycles. The monoisotopic (exact) mass is 172 g/mol. The van der Waals surface area contributed by atoms with Crippen LogP contribution in [0.4, 0.5) is 22.8 Å². The number of amides is 2. The Labute approximate surface area is 58.3 Å². The summed E-state index contributed by atoms with van der Waals surface area (Å²) in [5.74, 6) is 0. The number of primary amides is 1. The summed E-state index contributed by atoms with van der Waals surface area (Å²) in [4.78, 5) is 19.6. The van der Waals surface area contributed by atoms with Crippen LogP contribution >= 0.6 is 0 Å². The highest BCUT2D eigenvalue weighted by Gasteiger charge is 2.31. The minimum Gasteiger partial charge on any atom is -0.359 e. The summed E-state index contributed by atoms with van der Waals surface area (Å²) in [6, 6.07) is 0. The predicted octanol–water partition coefficient (Wildman–Crippen LogP) is 0.311. The number of rotatable bonds is 0. The van der Waals surface area contributed by atoms with Crippen molar-refractivity contribution in [1.29, 1.82) is 0 Å². The number of alkyl carbamates (subject to hydrolysis) is 1. The second kappa shape index (κ2) is 3.08. The standard InChI is InChI=1S/C3H3F3N2O3/c4-3(5,6)8-2(10)11-1(7)9/h(H2,7,9)(H,8,10). The Morgan fingerprint density at radius 3 is 2.09 bits per heavy atom. The third kappa shape index (κ3) is 6.41. The summed E-state index contributed by atoms with van der Waals surface area (Å²) >= 11 is 0. The van der Waals surface area contributed by atoms with Gasteiger partial charge in [0.2, 0.25) is 0 Å². The van der Waals surface area contributed by atoms with Crippen LogP contribution in [0.3, 0.4) is 0 Å². The molecule has 3 N–H and O–H groups in total. The first-order chi connectivity index (χ1) is 4.81. The van der Waals surface area contributed by atoms with Crippen LogP contribution < -0.4 is 11.1 Å². The van der Waals surface area contributed by atoms with E-state index in [1.807, 2.05) is 0 Å². The van der Waals surface area contributed by atoms with E-state index in [0.29, 0.717) is 5.32 Å². The Hall–Kier alpha value is -1.47. The molecule has 0 aliphatic rings. The molecule has 0 aliphatic heterocycles. The molecule has 0 aromatic carbocycles. The van der Waals surface area contributed by atoms with Crippen molar-refractivity contribution < 1.29 is 27.5 Å². The molecule has 0 saturated heterocycles. The lowest BCUT2D eigenvalue weighted by atomic mass is 11.0. The molecule has 0 unspecified atom stereocenters. The van der Waals surface area contributed by atoms with Crippen LogP contribution in [0.25, 0.3) is 0 Å². The highest BCUT2D eigenvalue weighted by atomic mass is 19.4. The van der Waals surface area contributed by atoms with Gasteiger partial charge in [0.25, 0.3) is 0 Å². The molecule has 11 heavy (non-hydrogen) atoms. The maximum Gasteiger partial charge on any atom is 0.487 e. The second-order valence-electron chi connectivity index (χ2n) is 1.33. The molecule has 2 amide bonds. The smallest absolute Gasteiger partial charge is 0.359 e.